The van der Waals surface area contributed by atoms with Gasteiger partial charge >= 0.3 is 5.97 Å². The molecule has 2 fully saturated rings. The Morgan fingerprint density at radius 1 is 1.26 bits per heavy atom. The average Bonchev–Trinajstić information content (AvgIpc) is 2.77. The van der Waals surface area contributed by atoms with Crippen LogP contribution in [0.25, 0.3) is 0 Å². The van der Waals surface area contributed by atoms with Crippen molar-refractivity contribution in [1.82, 2.24) is 8.61 Å². The first-order valence-electron chi connectivity index (χ1n) is 6.68. The Labute approximate surface area is 114 Å². The highest BCUT2D eigenvalue weighted by atomic mass is 32.2. The second kappa shape index (κ2) is 5.38. The van der Waals surface area contributed by atoms with Crippen molar-refractivity contribution >= 4 is 16.2 Å². The van der Waals surface area contributed by atoms with Crippen LogP contribution in [0.3, 0.4) is 0 Å². The molecule has 0 aromatic heterocycles. The minimum Gasteiger partial charge on any atom is -0.468 e. The molecule has 0 aromatic rings. The topological polar surface area (TPSA) is 66.9 Å². The van der Waals surface area contributed by atoms with E-state index >= 15 is 0 Å². The van der Waals surface area contributed by atoms with Crippen LogP contribution in [0.5, 0.6) is 0 Å². The summed E-state index contributed by atoms with van der Waals surface area (Å²) in [6.07, 6.45) is 4.56. The average molecular weight is 290 g/mol. The molecule has 0 unspecified atom stereocenters. The zero-order chi connectivity index (χ0) is 14.2. The lowest BCUT2D eigenvalue weighted by Crippen LogP contribution is -2.50. The number of carbonyl (C=O) groups is 1. The molecule has 0 N–H and O–H groups in total. The number of hydrogen-bond acceptors (Lipinski definition) is 4. The molecule has 1 saturated carbocycles. The monoisotopic (exact) mass is 290 g/mol. The molecule has 6 nitrogen and oxygen atoms in total. The van der Waals surface area contributed by atoms with Crippen LogP contribution in [0, 0.1) is 5.92 Å². The van der Waals surface area contributed by atoms with Crippen LogP contribution in [0.1, 0.15) is 32.1 Å². The number of esters is 1. The zero-order valence-corrected chi connectivity index (χ0v) is 12.5. The van der Waals surface area contributed by atoms with Gasteiger partial charge in [-0.15, -0.1) is 0 Å². The fourth-order valence-electron chi connectivity index (χ4n) is 3.28. The molecule has 3 atom stereocenters. The number of hydrogen-bond donors (Lipinski definition) is 0. The summed E-state index contributed by atoms with van der Waals surface area (Å²) in [7, 11) is 0.724. The Morgan fingerprint density at radius 2 is 1.89 bits per heavy atom. The quantitative estimate of drug-likeness (QED) is 0.714. The minimum atomic E-state index is -3.59. The molecule has 1 saturated heterocycles. The lowest BCUT2D eigenvalue weighted by Gasteiger charge is -2.33. The van der Waals surface area contributed by atoms with Crippen LogP contribution in [-0.4, -0.2) is 56.3 Å². The van der Waals surface area contributed by atoms with E-state index in [1.165, 1.54) is 29.8 Å². The van der Waals surface area contributed by atoms with E-state index in [4.69, 9.17) is 4.74 Å². The van der Waals surface area contributed by atoms with E-state index in [1.807, 2.05) is 0 Å². The summed E-state index contributed by atoms with van der Waals surface area (Å²) in [5.74, 6) is -0.160. The van der Waals surface area contributed by atoms with E-state index in [-0.39, 0.29) is 12.0 Å². The zero-order valence-electron chi connectivity index (χ0n) is 11.7. The van der Waals surface area contributed by atoms with Crippen LogP contribution in [0.2, 0.25) is 0 Å². The predicted molar refractivity (Wildman–Crippen MR) is 70.6 cm³/mol. The summed E-state index contributed by atoms with van der Waals surface area (Å²) in [4.78, 5) is 11.9. The van der Waals surface area contributed by atoms with Gasteiger partial charge in [0.2, 0.25) is 0 Å². The third kappa shape index (κ3) is 2.51. The van der Waals surface area contributed by atoms with Gasteiger partial charge in [-0.3, -0.25) is 4.79 Å². The molecule has 0 spiro atoms. The van der Waals surface area contributed by atoms with E-state index in [0.717, 1.165) is 25.7 Å². The Morgan fingerprint density at radius 3 is 2.47 bits per heavy atom. The van der Waals surface area contributed by atoms with Crippen molar-refractivity contribution in [2.75, 3.05) is 21.2 Å². The summed E-state index contributed by atoms with van der Waals surface area (Å²) in [6.45, 7) is 0. The largest absolute Gasteiger partial charge is 0.468 e. The van der Waals surface area contributed by atoms with Crippen molar-refractivity contribution in [2.45, 2.75) is 44.2 Å². The maximum atomic E-state index is 12.5. The third-order valence-corrected chi connectivity index (χ3v) is 6.21. The van der Waals surface area contributed by atoms with Gasteiger partial charge in [0.1, 0.15) is 6.04 Å². The molecule has 1 aliphatic heterocycles. The third-order valence-electron chi connectivity index (χ3n) is 4.23. The van der Waals surface area contributed by atoms with Gasteiger partial charge in [0.05, 0.1) is 7.11 Å². The molecule has 0 bridgehead atoms. The summed E-state index contributed by atoms with van der Waals surface area (Å²) in [5.41, 5.74) is 0. The minimum absolute atomic E-state index is 0.0507. The molecule has 0 amide bonds. The van der Waals surface area contributed by atoms with Gasteiger partial charge in [0.25, 0.3) is 10.2 Å². The molecule has 1 aliphatic carbocycles. The molecule has 2 rings (SSSR count). The summed E-state index contributed by atoms with van der Waals surface area (Å²) >= 11 is 0. The second-order valence-corrected chi connectivity index (χ2v) is 7.55. The number of fused-ring (bicyclic) bond motifs is 1. The highest BCUT2D eigenvalue weighted by Crippen LogP contribution is 2.41. The molecule has 1 heterocycles. The van der Waals surface area contributed by atoms with Gasteiger partial charge in [-0.25, -0.2) is 0 Å². The Bertz CT molecular complexity index is 449. The molecule has 2 aliphatic rings. The first kappa shape index (κ1) is 14.7. The van der Waals surface area contributed by atoms with Crippen LogP contribution in [-0.2, 0) is 19.7 Å². The first-order valence-corrected chi connectivity index (χ1v) is 8.08. The van der Waals surface area contributed by atoms with Gasteiger partial charge < -0.3 is 4.74 Å². The van der Waals surface area contributed by atoms with E-state index in [9.17, 15) is 13.2 Å². The van der Waals surface area contributed by atoms with E-state index in [2.05, 4.69) is 0 Å². The first-order chi connectivity index (χ1) is 8.89. The fraction of sp³-hybridized carbons (Fsp3) is 0.917. The van der Waals surface area contributed by atoms with Gasteiger partial charge in [0, 0.05) is 20.1 Å². The molecule has 110 valence electrons. The molecular formula is C12H22N2O4S. The highest BCUT2D eigenvalue weighted by Gasteiger charge is 2.51. The Kier molecular flexibility index (Phi) is 4.17. The van der Waals surface area contributed by atoms with Crippen molar-refractivity contribution in [3.05, 3.63) is 0 Å². The number of nitrogens with zero attached hydrogens (tertiary/aromatic N) is 2. The second-order valence-electron chi connectivity index (χ2n) is 5.51. The SMILES string of the molecule is COC(=O)[C@@H]1C[C@@H]2CCCC[C@@H]2N1S(=O)(=O)N(C)C. The van der Waals surface area contributed by atoms with Gasteiger partial charge in [-0.2, -0.15) is 17.0 Å². The molecule has 0 radical (unpaired) electrons. The van der Waals surface area contributed by atoms with Crippen LogP contribution in [0.15, 0.2) is 0 Å². The fourth-order valence-corrected chi connectivity index (χ4v) is 4.77. The van der Waals surface area contributed by atoms with Crippen molar-refractivity contribution in [1.29, 1.82) is 0 Å². The lowest BCUT2D eigenvalue weighted by molar-refractivity contribution is -0.144. The summed E-state index contributed by atoms with van der Waals surface area (Å²) in [5, 5.41) is 0. The molecule has 0 aromatic carbocycles. The molecular weight excluding hydrogens is 268 g/mol. The number of carbonyl (C=O) groups excluding carboxylic acids is 1. The summed E-state index contributed by atoms with van der Waals surface area (Å²) < 4.78 is 32.3. The number of ether oxygens (including phenoxy) is 1. The van der Waals surface area contributed by atoms with E-state index < -0.39 is 22.2 Å². The lowest BCUT2D eigenvalue weighted by atomic mass is 9.85. The highest BCUT2D eigenvalue weighted by molar-refractivity contribution is 7.86. The standard InChI is InChI=1S/C12H22N2O4S/c1-13(2)19(16,17)14-10-7-5-4-6-9(10)8-11(14)12(15)18-3/h9-11H,4-8H2,1-3H3/t9-,10-,11-/m0/s1. The smallest absolute Gasteiger partial charge is 0.324 e. The predicted octanol–water partition coefficient (Wildman–Crippen LogP) is 0.599. The van der Waals surface area contributed by atoms with Gasteiger partial charge in [-0.05, 0) is 25.2 Å². The normalized spacial score (nSPS) is 32.3. The summed E-state index contributed by atoms with van der Waals surface area (Å²) in [6, 6.07) is -0.712. The van der Waals surface area contributed by atoms with Crippen LogP contribution < -0.4 is 0 Å². The van der Waals surface area contributed by atoms with Crippen molar-refractivity contribution < 1.29 is 17.9 Å². The van der Waals surface area contributed by atoms with E-state index in [0.29, 0.717) is 6.42 Å². The van der Waals surface area contributed by atoms with Crippen LogP contribution >= 0.6 is 0 Å². The van der Waals surface area contributed by atoms with Gasteiger partial charge in [0.15, 0.2) is 0 Å². The maximum absolute atomic E-state index is 12.5. The van der Waals surface area contributed by atoms with Crippen LogP contribution in [0.4, 0.5) is 0 Å². The van der Waals surface area contributed by atoms with Crippen molar-refractivity contribution in [3.63, 3.8) is 0 Å². The molecule has 7 heteroatoms. The van der Waals surface area contributed by atoms with Crippen molar-refractivity contribution in [3.8, 4) is 0 Å². The Balaban J connectivity index is 2.36. The maximum Gasteiger partial charge on any atom is 0.324 e. The van der Waals surface area contributed by atoms with E-state index in [1.54, 1.807) is 0 Å². The number of rotatable bonds is 3. The van der Waals surface area contributed by atoms with Crippen molar-refractivity contribution in [2.24, 2.45) is 5.92 Å². The molecule has 19 heavy (non-hydrogen) atoms. The van der Waals surface area contributed by atoms with Gasteiger partial charge in [-0.1, -0.05) is 12.8 Å². The Hall–Kier alpha value is -0.660. The number of methoxy groups -OCH3 is 1.